The Labute approximate surface area is 213 Å². The fourth-order valence-electron chi connectivity index (χ4n) is 4.93. The van der Waals surface area contributed by atoms with Crippen LogP contribution in [0.15, 0.2) is 157 Å². The summed E-state index contributed by atoms with van der Waals surface area (Å²) < 4.78 is 0. The summed E-state index contributed by atoms with van der Waals surface area (Å²) >= 11 is 0. The summed E-state index contributed by atoms with van der Waals surface area (Å²) in [7, 11) is 0. The number of allylic oxidation sites excluding steroid dienone is 7. The van der Waals surface area contributed by atoms with Crippen LogP contribution in [0.5, 0.6) is 0 Å². The number of nitrogens with one attached hydrogen (secondary N) is 1. The fraction of sp³-hybridized carbons (Fsp3) is 0.0588. The lowest BCUT2D eigenvalue weighted by Crippen LogP contribution is -2.21. The van der Waals surface area contributed by atoms with Crippen molar-refractivity contribution in [2.45, 2.75) is 6.42 Å². The molecule has 1 atom stereocenters. The Morgan fingerprint density at radius 1 is 0.583 bits per heavy atom. The van der Waals surface area contributed by atoms with E-state index >= 15 is 0 Å². The summed E-state index contributed by atoms with van der Waals surface area (Å²) in [5.41, 5.74) is 9.50. The Bertz CT molecular complexity index is 1440. The minimum atomic E-state index is 0.434. The van der Waals surface area contributed by atoms with E-state index in [1.54, 1.807) is 0 Å². The Balaban J connectivity index is 1.31. The average Bonchev–Trinajstić information content (AvgIpc) is 2.95. The van der Waals surface area contributed by atoms with Crippen molar-refractivity contribution in [3.8, 4) is 11.1 Å². The van der Waals surface area contributed by atoms with Gasteiger partial charge in [0.05, 0.1) is 0 Å². The molecule has 6 rings (SSSR count). The van der Waals surface area contributed by atoms with Crippen LogP contribution in [0.2, 0.25) is 0 Å². The average molecular weight is 465 g/mol. The highest BCUT2D eigenvalue weighted by molar-refractivity contribution is 5.75. The van der Waals surface area contributed by atoms with Gasteiger partial charge in [-0.05, 0) is 77.7 Å². The molecule has 0 heterocycles. The van der Waals surface area contributed by atoms with Crippen molar-refractivity contribution < 1.29 is 0 Å². The number of rotatable bonds is 6. The smallest absolute Gasteiger partial charge is 0.0496 e. The quantitative estimate of drug-likeness (QED) is 0.306. The van der Waals surface area contributed by atoms with Gasteiger partial charge in [0.2, 0.25) is 0 Å². The third-order valence-corrected chi connectivity index (χ3v) is 6.75. The number of nitrogens with zero attached hydrogens (tertiary/aromatic N) is 1. The number of anilines is 4. The molecule has 4 aromatic carbocycles. The van der Waals surface area contributed by atoms with Crippen LogP contribution >= 0.6 is 0 Å². The molecule has 0 amide bonds. The van der Waals surface area contributed by atoms with Gasteiger partial charge in [0.25, 0.3) is 0 Å². The summed E-state index contributed by atoms with van der Waals surface area (Å²) in [6.07, 6.45) is 14.5. The van der Waals surface area contributed by atoms with Crippen LogP contribution in [0.4, 0.5) is 22.7 Å². The third kappa shape index (κ3) is 4.54. The molecule has 0 bridgehead atoms. The van der Waals surface area contributed by atoms with E-state index in [0.717, 1.165) is 29.2 Å². The van der Waals surface area contributed by atoms with Crippen molar-refractivity contribution in [2.24, 2.45) is 5.92 Å². The maximum absolute atomic E-state index is 3.46. The second kappa shape index (κ2) is 9.97. The second-order valence-electron chi connectivity index (χ2n) is 9.12. The first-order valence-corrected chi connectivity index (χ1v) is 12.5. The van der Waals surface area contributed by atoms with Crippen LogP contribution in [0.1, 0.15) is 6.42 Å². The molecule has 0 spiro atoms. The van der Waals surface area contributed by atoms with Gasteiger partial charge >= 0.3 is 0 Å². The lowest BCUT2D eigenvalue weighted by Gasteiger charge is -2.32. The van der Waals surface area contributed by atoms with Gasteiger partial charge in [-0.3, -0.25) is 0 Å². The molecule has 1 unspecified atom stereocenters. The van der Waals surface area contributed by atoms with Gasteiger partial charge in [0.1, 0.15) is 0 Å². The standard InChI is InChI=1S/C34H28N2/c1-3-12-29(13-4-1)35-30-22-18-26(19-23-30)27-20-24-32(25-21-27)36(31-14-5-2-6-15-31)34-17-9-11-28-10-7-8-16-33(28)34/h1-10,12-25,28,35H,11H2. The van der Waals surface area contributed by atoms with Crippen LogP contribution in [-0.2, 0) is 0 Å². The SMILES string of the molecule is C1=CC2=C(N(c3ccccc3)c3ccc(-c4ccc(Nc5ccccc5)cc4)cc3)C=CCC2C=C1. The van der Waals surface area contributed by atoms with Gasteiger partial charge in [0, 0.05) is 34.4 Å². The molecule has 174 valence electrons. The van der Waals surface area contributed by atoms with E-state index in [2.05, 4.69) is 138 Å². The first-order chi connectivity index (χ1) is 17.8. The first-order valence-electron chi connectivity index (χ1n) is 12.5. The zero-order valence-corrected chi connectivity index (χ0v) is 20.1. The molecular formula is C34H28N2. The Morgan fingerprint density at radius 2 is 1.19 bits per heavy atom. The van der Waals surface area contributed by atoms with Gasteiger partial charge in [-0.2, -0.15) is 0 Å². The van der Waals surface area contributed by atoms with Crippen LogP contribution in [0.3, 0.4) is 0 Å². The van der Waals surface area contributed by atoms with Crippen LogP contribution in [0, 0.1) is 5.92 Å². The van der Waals surface area contributed by atoms with Crippen LogP contribution in [-0.4, -0.2) is 0 Å². The largest absolute Gasteiger partial charge is 0.356 e. The zero-order valence-electron chi connectivity index (χ0n) is 20.1. The number of hydrogen-bond donors (Lipinski definition) is 1. The van der Waals surface area contributed by atoms with E-state index in [0.29, 0.717) is 5.92 Å². The molecule has 4 aromatic rings. The van der Waals surface area contributed by atoms with Crippen molar-refractivity contribution in [1.82, 2.24) is 0 Å². The highest BCUT2D eigenvalue weighted by atomic mass is 15.1. The van der Waals surface area contributed by atoms with Crippen LogP contribution < -0.4 is 10.2 Å². The zero-order chi connectivity index (χ0) is 24.2. The number of fused-ring (bicyclic) bond motifs is 1. The molecule has 0 saturated carbocycles. The Kier molecular flexibility index (Phi) is 6.08. The third-order valence-electron chi connectivity index (χ3n) is 6.75. The molecule has 2 nitrogen and oxygen atoms in total. The van der Waals surface area contributed by atoms with Gasteiger partial charge in [0.15, 0.2) is 0 Å². The highest BCUT2D eigenvalue weighted by Gasteiger charge is 2.23. The Hall–Kier alpha value is -4.56. The summed E-state index contributed by atoms with van der Waals surface area (Å²) in [5, 5.41) is 3.46. The molecule has 0 saturated heterocycles. The van der Waals surface area contributed by atoms with E-state index in [1.807, 2.05) is 18.2 Å². The summed E-state index contributed by atoms with van der Waals surface area (Å²) in [6.45, 7) is 0. The lowest BCUT2D eigenvalue weighted by atomic mass is 9.86. The second-order valence-corrected chi connectivity index (χ2v) is 9.12. The first kappa shape index (κ1) is 21.9. The van der Waals surface area contributed by atoms with Crippen molar-refractivity contribution in [3.63, 3.8) is 0 Å². The maximum Gasteiger partial charge on any atom is 0.0496 e. The van der Waals surface area contributed by atoms with Crippen molar-refractivity contribution >= 4 is 22.7 Å². The van der Waals surface area contributed by atoms with Crippen molar-refractivity contribution in [3.05, 3.63) is 157 Å². The molecule has 0 aromatic heterocycles. The van der Waals surface area contributed by atoms with Crippen molar-refractivity contribution in [1.29, 1.82) is 0 Å². The van der Waals surface area contributed by atoms with Crippen molar-refractivity contribution in [2.75, 3.05) is 10.2 Å². The summed E-state index contributed by atoms with van der Waals surface area (Å²) in [4.78, 5) is 2.37. The number of hydrogen-bond acceptors (Lipinski definition) is 2. The minimum Gasteiger partial charge on any atom is -0.356 e. The minimum absolute atomic E-state index is 0.434. The molecule has 0 radical (unpaired) electrons. The fourth-order valence-corrected chi connectivity index (χ4v) is 4.93. The molecule has 0 fully saturated rings. The van der Waals surface area contributed by atoms with E-state index < -0.39 is 0 Å². The van der Waals surface area contributed by atoms with E-state index in [1.165, 1.54) is 22.4 Å². The molecule has 2 heteroatoms. The topological polar surface area (TPSA) is 15.3 Å². The molecule has 2 aliphatic carbocycles. The highest BCUT2D eigenvalue weighted by Crippen LogP contribution is 2.39. The predicted molar refractivity (Wildman–Crippen MR) is 153 cm³/mol. The molecule has 0 aliphatic heterocycles. The van der Waals surface area contributed by atoms with E-state index in [4.69, 9.17) is 0 Å². The van der Waals surface area contributed by atoms with Gasteiger partial charge in [-0.25, -0.2) is 0 Å². The normalized spacial score (nSPS) is 16.1. The predicted octanol–water partition coefficient (Wildman–Crippen LogP) is 9.19. The Morgan fingerprint density at radius 3 is 1.92 bits per heavy atom. The monoisotopic (exact) mass is 464 g/mol. The lowest BCUT2D eigenvalue weighted by molar-refractivity contribution is 0.763. The molecular weight excluding hydrogens is 436 g/mol. The van der Waals surface area contributed by atoms with E-state index in [-0.39, 0.29) is 0 Å². The van der Waals surface area contributed by atoms with Crippen LogP contribution in [0.25, 0.3) is 11.1 Å². The maximum atomic E-state index is 3.46. The summed E-state index contributed by atoms with van der Waals surface area (Å²) in [6, 6.07) is 38.4. The molecule has 1 N–H and O–H groups in total. The number of benzene rings is 4. The van der Waals surface area contributed by atoms with Gasteiger partial charge < -0.3 is 10.2 Å². The van der Waals surface area contributed by atoms with Gasteiger partial charge in [-0.1, -0.05) is 91.0 Å². The molecule has 36 heavy (non-hydrogen) atoms. The number of para-hydroxylation sites is 2. The molecule has 2 aliphatic rings. The summed E-state index contributed by atoms with van der Waals surface area (Å²) in [5.74, 6) is 0.434. The van der Waals surface area contributed by atoms with Gasteiger partial charge in [-0.15, -0.1) is 0 Å². The van der Waals surface area contributed by atoms with E-state index in [9.17, 15) is 0 Å².